The van der Waals surface area contributed by atoms with E-state index in [1.807, 2.05) is 0 Å². The van der Waals surface area contributed by atoms with Crippen molar-refractivity contribution in [1.82, 2.24) is 4.90 Å². The Kier molecular flexibility index (Phi) is 4.22. The van der Waals surface area contributed by atoms with Crippen molar-refractivity contribution in [1.29, 1.82) is 0 Å². The fourth-order valence-electron chi connectivity index (χ4n) is 1.91. The zero-order valence-corrected chi connectivity index (χ0v) is 8.58. The third-order valence-corrected chi connectivity index (χ3v) is 2.62. The summed E-state index contributed by atoms with van der Waals surface area (Å²) in [7, 11) is 1.47. The van der Waals surface area contributed by atoms with Crippen molar-refractivity contribution in [2.24, 2.45) is 0 Å². The van der Waals surface area contributed by atoms with Gasteiger partial charge in [-0.2, -0.15) is 0 Å². The highest BCUT2D eigenvalue weighted by atomic mass is 16.5. The lowest BCUT2D eigenvalue weighted by atomic mass is 10.1. The number of carbonyl (C=O) groups is 1. The summed E-state index contributed by atoms with van der Waals surface area (Å²) in [6.45, 7) is 4.21. The summed E-state index contributed by atoms with van der Waals surface area (Å²) in [6, 6.07) is 0.0116. The number of methoxy groups -OCH3 is 1. The number of ether oxygens (including phenoxy) is 1. The first-order valence-electron chi connectivity index (χ1n) is 5.11. The Balaban J connectivity index is 2.49. The average Bonchev–Trinajstić information content (AvgIpc) is 2.65. The number of nitrogens with zero attached hydrogens (tertiary/aromatic N) is 1. The topological polar surface area (TPSA) is 29.5 Å². The van der Waals surface area contributed by atoms with Crippen molar-refractivity contribution >= 4 is 5.97 Å². The molecule has 0 spiro atoms. The molecule has 0 radical (unpaired) electrons. The maximum absolute atomic E-state index is 11.4. The van der Waals surface area contributed by atoms with Crippen LogP contribution < -0.4 is 0 Å². The van der Waals surface area contributed by atoms with E-state index in [4.69, 9.17) is 4.74 Å². The predicted molar refractivity (Wildman–Crippen MR) is 51.5 cm³/mol. The molecular formula is C10H19NO2. The molecule has 0 aromatic heterocycles. The first kappa shape index (κ1) is 10.5. The van der Waals surface area contributed by atoms with Crippen molar-refractivity contribution in [2.45, 2.75) is 38.6 Å². The van der Waals surface area contributed by atoms with Gasteiger partial charge >= 0.3 is 5.97 Å². The van der Waals surface area contributed by atoms with Gasteiger partial charge in [0.05, 0.1) is 7.11 Å². The molecule has 1 aliphatic heterocycles. The molecular weight excluding hydrogens is 166 g/mol. The minimum atomic E-state index is -0.0660. The Hall–Kier alpha value is -0.570. The Morgan fingerprint density at radius 2 is 2.08 bits per heavy atom. The standard InChI is InChI=1S/C10H19NO2/c1-3-6-9(10(12)13-2)11-7-4-5-8-11/h9H,3-8H2,1-2H3. The van der Waals surface area contributed by atoms with Crippen LogP contribution in [0, 0.1) is 0 Å². The normalized spacial score (nSPS) is 20.2. The second kappa shape index (κ2) is 5.22. The summed E-state index contributed by atoms with van der Waals surface area (Å²) in [5, 5.41) is 0. The fraction of sp³-hybridized carbons (Fsp3) is 0.900. The zero-order valence-electron chi connectivity index (χ0n) is 8.58. The highest BCUT2D eigenvalue weighted by molar-refractivity contribution is 5.75. The summed E-state index contributed by atoms with van der Waals surface area (Å²) >= 11 is 0. The van der Waals surface area contributed by atoms with Gasteiger partial charge in [0, 0.05) is 0 Å². The number of esters is 1. The van der Waals surface area contributed by atoms with Crippen LogP contribution in [0.3, 0.4) is 0 Å². The van der Waals surface area contributed by atoms with Crippen LogP contribution in [0.1, 0.15) is 32.6 Å². The van der Waals surface area contributed by atoms with Gasteiger partial charge in [0.25, 0.3) is 0 Å². The molecule has 3 nitrogen and oxygen atoms in total. The molecule has 3 heteroatoms. The molecule has 13 heavy (non-hydrogen) atoms. The van der Waals surface area contributed by atoms with Gasteiger partial charge < -0.3 is 4.74 Å². The summed E-state index contributed by atoms with van der Waals surface area (Å²) in [4.78, 5) is 13.7. The maximum Gasteiger partial charge on any atom is 0.323 e. The van der Waals surface area contributed by atoms with Gasteiger partial charge in [-0.1, -0.05) is 13.3 Å². The van der Waals surface area contributed by atoms with Gasteiger partial charge in [-0.15, -0.1) is 0 Å². The number of rotatable bonds is 4. The molecule has 0 saturated carbocycles. The second-order valence-electron chi connectivity index (χ2n) is 3.57. The van der Waals surface area contributed by atoms with Crippen LogP contribution >= 0.6 is 0 Å². The summed E-state index contributed by atoms with van der Waals surface area (Å²) in [5.41, 5.74) is 0. The Labute approximate surface area is 80.1 Å². The van der Waals surface area contributed by atoms with E-state index >= 15 is 0 Å². The summed E-state index contributed by atoms with van der Waals surface area (Å²) in [6.07, 6.45) is 4.40. The lowest BCUT2D eigenvalue weighted by Crippen LogP contribution is -2.39. The van der Waals surface area contributed by atoms with Crippen LogP contribution in [0.5, 0.6) is 0 Å². The predicted octanol–water partition coefficient (Wildman–Crippen LogP) is 1.42. The fourth-order valence-corrected chi connectivity index (χ4v) is 1.91. The molecule has 0 N–H and O–H groups in total. The first-order valence-corrected chi connectivity index (χ1v) is 5.11. The van der Waals surface area contributed by atoms with E-state index in [1.54, 1.807) is 0 Å². The smallest absolute Gasteiger partial charge is 0.323 e. The second-order valence-corrected chi connectivity index (χ2v) is 3.57. The number of hydrogen-bond acceptors (Lipinski definition) is 3. The van der Waals surface area contributed by atoms with Crippen LogP contribution in [0.25, 0.3) is 0 Å². The van der Waals surface area contributed by atoms with E-state index in [9.17, 15) is 4.79 Å². The van der Waals surface area contributed by atoms with Crippen LogP contribution in [-0.4, -0.2) is 37.1 Å². The molecule has 1 saturated heterocycles. The van der Waals surface area contributed by atoms with Gasteiger partial charge in [-0.3, -0.25) is 9.69 Å². The molecule has 1 heterocycles. The summed E-state index contributed by atoms with van der Waals surface area (Å²) in [5.74, 6) is -0.0660. The van der Waals surface area contributed by atoms with Crippen molar-refractivity contribution in [3.05, 3.63) is 0 Å². The number of carbonyl (C=O) groups excluding carboxylic acids is 1. The van der Waals surface area contributed by atoms with Crippen LogP contribution in [0.4, 0.5) is 0 Å². The third-order valence-electron chi connectivity index (χ3n) is 2.62. The molecule has 76 valence electrons. The molecule has 0 bridgehead atoms. The van der Waals surface area contributed by atoms with Gasteiger partial charge in [0.15, 0.2) is 0 Å². The Morgan fingerprint density at radius 1 is 1.46 bits per heavy atom. The number of hydrogen-bond donors (Lipinski definition) is 0. The van der Waals surface area contributed by atoms with Crippen molar-refractivity contribution in [2.75, 3.05) is 20.2 Å². The van der Waals surface area contributed by atoms with Crippen molar-refractivity contribution < 1.29 is 9.53 Å². The minimum Gasteiger partial charge on any atom is -0.468 e. The van der Waals surface area contributed by atoms with E-state index < -0.39 is 0 Å². The SMILES string of the molecule is CCCC(C(=O)OC)N1CCCC1. The highest BCUT2D eigenvalue weighted by Crippen LogP contribution is 2.16. The molecule has 0 amide bonds. The van der Waals surface area contributed by atoms with Gasteiger partial charge in [0.1, 0.15) is 6.04 Å². The first-order chi connectivity index (χ1) is 6.29. The van der Waals surface area contributed by atoms with Crippen LogP contribution in [-0.2, 0) is 9.53 Å². The van der Waals surface area contributed by atoms with E-state index in [-0.39, 0.29) is 12.0 Å². The summed E-state index contributed by atoms with van der Waals surface area (Å²) < 4.78 is 4.80. The average molecular weight is 185 g/mol. The molecule has 1 fully saturated rings. The molecule has 1 atom stereocenters. The molecule has 1 aliphatic rings. The lowest BCUT2D eigenvalue weighted by molar-refractivity contribution is -0.146. The quantitative estimate of drug-likeness (QED) is 0.620. The van der Waals surface area contributed by atoms with Crippen LogP contribution in [0.15, 0.2) is 0 Å². The third kappa shape index (κ3) is 2.69. The molecule has 0 aromatic carbocycles. The zero-order chi connectivity index (χ0) is 9.68. The van der Waals surface area contributed by atoms with Gasteiger partial charge in [-0.25, -0.2) is 0 Å². The van der Waals surface area contributed by atoms with E-state index in [0.29, 0.717) is 0 Å². The van der Waals surface area contributed by atoms with Gasteiger partial charge in [0.2, 0.25) is 0 Å². The molecule has 1 rings (SSSR count). The van der Waals surface area contributed by atoms with Crippen LogP contribution in [0.2, 0.25) is 0 Å². The van der Waals surface area contributed by atoms with Crippen molar-refractivity contribution in [3.8, 4) is 0 Å². The number of likely N-dealkylation sites (tertiary alicyclic amines) is 1. The molecule has 0 aliphatic carbocycles. The molecule has 0 aromatic rings. The Morgan fingerprint density at radius 3 is 2.54 bits per heavy atom. The highest BCUT2D eigenvalue weighted by Gasteiger charge is 2.27. The van der Waals surface area contributed by atoms with E-state index in [1.165, 1.54) is 20.0 Å². The minimum absolute atomic E-state index is 0.0116. The monoisotopic (exact) mass is 185 g/mol. The van der Waals surface area contributed by atoms with E-state index in [2.05, 4.69) is 11.8 Å². The van der Waals surface area contributed by atoms with Gasteiger partial charge in [-0.05, 0) is 32.4 Å². The lowest BCUT2D eigenvalue weighted by Gasteiger charge is -2.24. The largest absolute Gasteiger partial charge is 0.468 e. The maximum atomic E-state index is 11.4. The van der Waals surface area contributed by atoms with Crippen molar-refractivity contribution in [3.63, 3.8) is 0 Å². The Bertz CT molecular complexity index is 164. The molecule has 1 unspecified atom stereocenters. The van der Waals surface area contributed by atoms with E-state index in [0.717, 1.165) is 25.9 Å².